The van der Waals surface area contributed by atoms with Gasteiger partial charge in [0.15, 0.2) is 0 Å². The number of amides is 1. The van der Waals surface area contributed by atoms with Crippen LogP contribution in [0.5, 0.6) is 0 Å². The summed E-state index contributed by atoms with van der Waals surface area (Å²) in [6.45, 7) is 3.87. The van der Waals surface area contributed by atoms with E-state index in [4.69, 9.17) is 0 Å². The Morgan fingerprint density at radius 2 is 2.17 bits per heavy atom. The summed E-state index contributed by atoms with van der Waals surface area (Å²) >= 11 is 0. The summed E-state index contributed by atoms with van der Waals surface area (Å²) in [4.78, 5) is 18.8. The van der Waals surface area contributed by atoms with Crippen LogP contribution in [0.3, 0.4) is 0 Å². The zero-order valence-corrected chi connectivity index (χ0v) is 14.3. The minimum Gasteiger partial charge on any atom is -0.339 e. The predicted molar refractivity (Wildman–Crippen MR) is 93.5 cm³/mol. The lowest BCUT2D eigenvalue weighted by Crippen LogP contribution is -2.39. The highest BCUT2D eigenvalue weighted by atomic mass is 16.2. The summed E-state index contributed by atoms with van der Waals surface area (Å²) in [5, 5.41) is 4.09. The molecule has 0 bridgehead atoms. The molecule has 1 aliphatic heterocycles. The number of rotatable bonds is 7. The molecule has 128 valence electrons. The lowest BCUT2D eigenvalue weighted by atomic mass is 9.87. The Balaban J connectivity index is 1.60. The molecule has 0 radical (unpaired) electrons. The van der Waals surface area contributed by atoms with Crippen LogP contribution in [0.15, 0.2) is 43.0 Å². The van der Waals surface area contributed by atoms with Crippen LogP contribution in [-0.2, 0) is 11.3 Å². The Morgan fingerprint density at radius 3 is 2.88 bits per heavy atom. The summed E-state index contributed by atoms with van der Waals surface area (Å²) < 4.78 is 1.79. The van der Waals surface area contributed by atoms with E-state index in [1.54, 1.807) is 11.0 Å². The van der Waals surface area contributed by atoms with Gasteiger partial charge in [0, 0.05) is 31.5 Å². The van der Waals surface area contributed by atoms with E-state index in [1.165, 1.54) is 11.9 Å². The van der Waals surface area contributed by atoms with E-state index in [0.29, 0.717) is 18.4 Å². The molecule has 0 unspecified atom stereocenters. The molecule has 24 heavy (non-hydrogen) atoms. The molecule has 5 nitrogen and oxygen atoms in total. The second kappa shape index (κ2) is 8.08. The number of nitrogens with zero attached hydrogens (tertiary/aromatic N) is 4. The maximum Gasteiger partial charge on any atom is 0.222 e. The summed E-state index contributed by atoms with van der Waals surface area (Å²) in [5.41, 5.74) is 1.35. The Kier molecular flexibility index (Phi) is 5.62. The Hall–Kier alpha value is -2.17. The van der Waals surface area contributed by atoms with Gasteiger partial charge in [-0.25, -0.2) is 4.98 Å². The first-order chi connectivity index (χ1) is 11.8. The standard InChI is InChI=1S/C19H26N4O/c1-2-17(16-8-4-3-5-9-16)18-10-6-13-23(18)19(24)11-7-12-22-15-20-14-21-22/h3-5,8-9,14-15,17-18H,2,6-7,10-13H2,1H3/t17-,18+/m0/s1. The maximum atomic E-state index is 12.7. The zero-order valence-electron chi connectivity index (χ0n) is 14.3. The lowest BCUT2D eigenvalue weighted by molar-refractivity contribution is -0.132. The molecule has 2 aromatic rings. The largest absolute Gasteiger partial charge is 0.339 e. The zero-order chi connectivity index (χ0) is 16.8. The van der Waals surface area contributed by atoms with Crippen LogP contribution in [0.25, 0.3) is 0 Å². The Labute approximate surface area is 143 Å². The third-order valence-corrected chi connectivity index (χ3v) is 5.00. The van der Waals surface area contributed by atoms with Crippen molar-refractivity contribution < 1.29 is 4.79 Å². The van der Waals surface area contributed by atoms with Gasteiger partial charge in [0.25, 0.3) is 0 Å². The minimum absolute atomic E-state index is 0.284. The van der Waals surface area contributed by atoms with Gasteiger partial charge in [-0.2, -0.15) is 5.10 Å². The molecule has 2 heterocycles. The van der Waals surface area contributed by atoms with Crippen molar-refractivity contribution in [3.63, 3.8) is 0 Å². The molecule has 0 saturated carbocycles. The molecule has 3 rings (SSSR count). The second-order valence-corrected chi connectivity index (χ2v) is 6.48. The van der Waals surface area contributed by atoms with Crippen LogP contribution in [0.4, 0.5) is 0 Å². The maximum absolute atomic E-state index is 12.7. The average molecular weight is 326 g/mol. The van der Waals surface area contributed by atoms with Crippen molar-refractivity contribution in [2.45, 2.75) is 57.5 Å². The van der Waals surface area contributed by atoms with E-state index in [-0.39, 0.29) is 5.91 Å². The normalized spacial score (nSPS) is 18.7. The van der Waals surface area contributed by atoms with Crippen LogP contribution < -0.4 is 0 Å². The molecule has 0 N–H and O–H groups in total. The number of aromatic nitrogens is 3. The van der Waals surface area contributed by atoms with Gasteiger partial charge in [0.1, 0.15) is 12.7 Å². The summed E-state index contributed by atoms with van der Waals surface area (Å²) in [6, 6.07) is 11.0. The number of benzene rings is 1. The average Bonchev–Trinajstić information content (AvgIpc) is 3.28. The van der Waals surface area contributed by atoms with E-state index >= 15 is 0 Å². The number of aryl methyl sites for hydroxylation is 1. The quantitative estimate of drug-likeness (QED) is 0.785. The van der Waals surface area contributed by atoms with E-state index in [9.17, 15) is 4.79 Å². The van der Waals surface area contributed by atoms with E-state index in [2.05, 4.69) is 52.2 Å². The molecule has 1 saturated heterocycles. The van der Waals surface area contributed by atoms with Gasteiger partial charge in [-0.3, -0.25) is 9.48 Å². The highest BCUT2D eigenvalue weighted by molar-refractivity contribution is 5.77. The molecule has 0 spiro atoms. The SMILES string of the molecule is CC[C@@H](c1ccccc1)[C@H]1CCCN1C(=O)CCCn1cncn1. The Bertz CT molecular complexity index is 626. The summed E-state index contributed by atoms with van der Waals surface area (Å²) in [5.74, 6) is 0.722. The van der Waals surface area contributed by atoms with Crippen LogP contribution >= 0.6 is 0 Å². The van der Waals surface area contributed by atoms with Crippen molar-refractivity contribution >= 4 is 5.91 Å². The monoisotopic (exact) mass is 326 g/mol. The topological polar surface area (TPSA) is 51.0 Å². The van der Waals surface area contributed by atoms with E-state index in [1.807, 2.05) is 0 Å². The second-order valence-electron chi connectivity index (χ2n) is 6.48. The first kappa shape index (κ1) is 16.7. The van der Waals surface area contributed by atoms with E-state index < -0.39 is 0 Å². The third kappa shape index (κ3) is 3.83. The molecule has 1 fully saturated rings. The van der Waals surface area contributed by atoms with Crippen LogP contribution in [0, 0.1) is 0 Å². The van der Waals surface area contributed by atoms with Crippen molar-refractivity contribution in [3.05, 3.63) is 48.5 Å². The molecular weight excluding hydrogens is 300 g/mol. The number of carbonyl (C=O) groups excluding carboxylic acids is 1. The molecule has 5 heteroatoms. The fourth-order valence-corrected chi connectivity index (χ4v) is 3.83. The van der Waals surface area contributed by atoms with Crippen molar-refractivity contribution in [2.24, 2.45) is 0 Å². The molecule has 0 aliphatic carbocycles. The lowest BCUT2D eigenvalue weighted by Gasteiger charge is -2.31. The minimum atomic E-state index is 0.284. The highest BCUT2D eigenvalue weighted by Crippen LogP contribution is 2.34. The number of carbonyl (C=O) groups is 1. The Morgan fingerprint density at radius 1 is 1.33 bits per heavy atom. The highest BCUT2D eigenvalue weighted by Gasteiger charge is 2.34. The number of likely N-dealkylation sites (tertiary alicyclic amines) is 1. The number of hydrogen-bond acceptors (Lipinski definition) is 3. The molecule has 1 aromatic carbocycles. The summed E-state index contributed by atoms with van der Waals surface area (Å²) in [6.07, 6.45) is 7.92. The molecule has 1 amide bonds. The van der Waals surface area contributed by atoms with Crippen molar-refractivity contribution in [1.29, 1.82) is 0 Å². The number of hydrogen-bond donors (Lipinski definition) is 0. The van der Waals surface area contributed by atoms with Gasteiger partial charge in [-0.1, -0.05) is 37.3 Å². The van der Waals surface area contributed by atoms with Crippen molar-refractivity contribution in [1.82, 2.24) is 19.7 Å². The van der Waals surface area contributed by atoms with Crippen LogP contribution in [-0.4, -0.2) is 38.2 Å². The first-order valence-electron chi connectivity index (χ1n) is 8.96. The smallest absolute Gasteiger partial charge is 0.222 e. The first-order valence-corrected chi connectivity index (χ1v) is 8.96. The van der Waals surface area contributed by atoms with Gasteiger partial charge in [-0.15, -0.1) is 0 Å². The predicted octanol–water partition coefficient (Wildman–Crippen LogP) is 3.24. The fraction of sp³-hybridized carbons (Fsp3) is 0.526. The van der Waals surface area contributed by atoms with Crippen molar-refractivity contribution in [2.75, 3.05) is 6.54 Å². The molecule has 1 aromatic heterocycles. The van der Waals surface area contributed by atoms with Crippen LogP contribution in [0.1, 0.15) is 50.5 Å². The molecular formula is C19H26N4O. The fourth-order valence-electron chi connectivity index (χ4n) is 3.83. The summed E-state index contributed by atoms with van der Waals surface area (Å²) in [7, 11) is 0. The third-order valence-electron chi connectivity index (χ3n) is 5.00. The van der Waals surface area contributed by atoms with Crippen LogP contribution in [0.2, 0.25) is 0 Å². The molecule has 2 atom stereocenters. The van der Waals surface area contributed by atoms with Gasteiger partial charge < -0.3 is 4.90 Å². The van der Waals surface area contributed by atoms with E-state index in [0.717, 1.165) is 38.8 Å². The van der Waals surface area contributed by atoms with Gasteiger partial charge in [0.05, 0.1) is 0 Å². The molecule has 1 aliphatic rings. The van der Waals surface area contributed by atoms with Gasteiger partial charge in [-0.05, 0) is 31.2 Å². The van der Waals surface area contributed by atoms with Gasteiger partial charge in [0.2, 0.25) is 5.91 Å². The van der Waals surface area contributed by atoms with Gasteiger partial charge >= 0.3 is 0 Å². The van der Waals surface area contributed by atoms with Crippen molar-refractivity contribution in [3.8, 4) is 0 Å².